The Hall–Kier alpha value is 0.716. The summed E-state index contributed by atoms with van der Waals surface area (Å²) in [4.78, 5) is 8.03. The summed E-state index contributed by atoms with van der Waals surface area (Å²) in [6, 6.07) is 0. The SMILES string of the molecule is Cc1cncc(C)n1.[K]. The van der Waals surface area contributed by atoms with Gasteiger partial charge >= 0.3 is 0 Å². The predicted molar refractivity (Wildman–Crippen MR) is 37.3 cm³/mol. The van der Waals surface area contributed by atoms with Crippen LogP contribution in [0.5, 0.6) is 0 Å². The van der Waals surface area contributed by atoms with Gasteiger partial charge in [-0.15, -0.1) is 0 Å². The first-order valence-corrected chi connectivity index (χ1v) is 2.54. The minimum atomic E-state index is 0. The molecule has 0 aromatic carbocycles. The second-order valence-corrected chi connectivity index (χ2v) is 1.80. The minimum Gasteiger partial charge on any atom is -0.261 e. The maximum absolute atomic E-state index is 4.11. The quantitative estimate of drug-likeness (QED) is 0.505. The van der Waals surface area contributed by atoms with Gasteiger partial charge in [-0.3, -0.25) is 9.97 Å². The van der Waals surface area contributed by atoms with Crippen molar-refractivity contribution in [1.29, 1.82) is 0 Å². The first kappa shape index (κ1) is 9.72. The van der Waals surface area contributed by atoms with Crippen molar-refractivity contribution in [2.24, 2.45) is 0 Å². The van der Waals surface area contributed by atoms with Crippen LogP contribution < -0.4 is 0 Å². The molecule has 0 saturated heterocycles. The van der Waals surface area contributed by atoms with Crippen molar-refractivity contribution in [3.8, 4) is 0 Å². The molecule has 1 aromatic heterocycles. The second-order valence-electron chi connectivity index (χ2n) is 1.80. The predicted octanol–water partition coefficient (Wildman–Crippen LogP) is 0.713. The Morgan fingerprint density at radius 1 is 1.11 bits per heavy atom. The maximum Gasteiger partial charge on any atom is 0.0558 e. The fourth-order valence-corrected chi connectivity index (χ4v) is 0.589. The van der Waals surface area contributed by atoms with Crippen LogP contribution in [0.15, 0.2) is 12.4 Å². The van der Waals surface area contributed by atoms with Crippen LogP contribution in [0.4, 0.5) is 0 Å². The van der Waals surface area contributed by atoms with E-state index in [1.54, 1.807) is 12.4 Å². The van der Waals surface area contributed by atoms with Crippen molar-refractivity contribution in [1.82, 2.24) is 9.97 Å². The molecule has 0 unspecified atom stereocenters. The zero-order chi connectivity index (χ0) is 5.98. The van der Waals surface area contributed by atoms with Crippen molar-refractivity contribution in [2.75, 3.05) is 0 Å². The van der Waals surface area contributed by atoms with E-state index in [0.717, 1.165) is 11.4 Å². The number of rotatable bonds is 0. The van der Waals surface area contributed by atoms with Crippen LogP contribution in [-0.2, 0) is 0 Å². The monoisotopic (exact) mass is 147 g/mol. The number of aryl methyl sites for hydroxylation is 2. The Labute approximate surface area is 97.5 Å². The third-order valence-electron chi connectivity index (χ3n) is 0.875. The summed E-state index contributed by atoms with van der Waals surface area (Å²) >= 11 is 0. The molecule has 1 heterocycles. The van der Waals surface area contributed by atoms with E-state index in [1.165, 1.54) is 0 Å². The Morgan fingerprint density at radius 3 is 1.78 bits per heavy atom. The van der Waals surface area contributed by atoms with E-state index in [4.69, 9.17) is 0 Å². The van der Waals surface area contributed by atoms with Gasteiger partial charge in [0.25, 0.3) is 0 Å². The van der Waals surface area contributed by atoms with Gasteiger partial charge in [-0.1, -0.05) is 0 Å². The molecule has 0 aliphatic rings. The molecule has 0 atom stereocenters. The average molecular weight is 147 g/mol. The second kappa shape index (κ2) is 4.52. The first-order chi connectivity index (χ1) is 3.79. The standard InChI is InChI=1S/C6H8N2.K/c1-5-3-7-4-6(2)8-5;/h3-4H,1-2H3;. The van der Waals surface area contributed by atoms with Crippen molar-refractivity contribution in [3.05, 3.63) is 23.8 Å². The molecule has 1 radical (unpaired) electrons. The summed E-state index contributed by atoms with van der Waals surface area (Å²) in [6.07, 6.45) is 3.49. The van der Waals surface area contributed by atoms with Crippen LogP contribution in [0.1, 0.15) is 11.4 Å². The largest absolute Gasteiger partial charge is 0.261 e. The van der Waals surface area contributed by atoms with Gasteiger partial charge in [-0.25, -0.2) is 0 Å². The molecule has 0 amide bonds. The van der Waals surface area contributed by atoms with Crippen LogP contribution in [0.3, 0.4) is 0 Å². The zero-order valence-corrected chi connectivity index (χ0v) is 9.17. The molecule has 0 aliphatic carbocycles. The van der Waals surface area contributed by atoms with Gasteiger partial charge in [-0.2, -0.15) is 0 Å². The summed E-state index contributed by atoms with van der Waals surface area (Å²) in [5.41, 5.74) is 1.95. The smallest absolute Gasteiger partial charge is 0.0558 e. The van der Waals surface area contributed by atoms with E-state index < -0.39 is 0 Å². The third-order valence-corrected chi connectivity index (χ3v) is 0.875. The number of hydrogen-bond donors (Lipinski definition) is 0. The number of hydrogen-bond acceptors (Lipinski definition) is 2. The first-order valence-electron chi connectivity index (χ1n) is 2.54. The zero-order valence-electron chi connectivity index (χ0n) is 6.05. The molecule has 1 rings (SSSR count). The van der Waals surface area contributed by atoms with Crippen molar-refractivity contribution in [2.45, 2.75) is 13.8 Å². The van der Waals surface area contributed by atoms with Crippen molar-refractivity contribution >= 4 is 51.4 Å². The van der Waals surface area contributed by atoms with E-state index in [1.807, 2.05) is 13.8 Å². The van der Waals surface area contributed by atoms with E-state index in [2.05, 4.69) is 9.97 Å². The van der Waals surface area contributed by atoms with Gasteiger partial charge in [0, 0.05) is 63.8 Å². The van der Waals surface area contributed by atoms with Gasteiger partial charge in [0.1, 0.15) is 0 Å². The van der Waals surface area contributed by atoms with Crippen molar-refractivity contribution < 1.29 is 0 Å². The van der Waals surface area contributed by atoms with Gasteiger partial charge in [0.15, 0.2) is 0 Å². The molecule has 1 aromatic rings. The van der Waals surface area contributed by atoms with E-state index in [-0.39, 0.29) is 51.4 Å². The summed E-state index contributed by atoms with van der Waals surface area (Å²) < 4.78 is 0. The normalized spacial score (nSPS) is 8.22. The van der Waals surface area contributed by atoms with Crippen LogP contribution in [0, 0.1) is 13.8 Å². The molecule has 0 aliphatic heterocycles. The van der Waals surface area contributed by atoms with Gasteiger partial charge in [-0.05, 0) is 13.8 Å². The molecule has 0 spiro atoms. The van der Waals surface area contributed by atoms with Crippen LogP contribution in [-0.4, -0.2) is 61.4 Å². The van der Waals surface area contributed by atoms with Crippen LogP contribution in [0.2, 0.25) is 0 Å². The molecule has 0 N–H and O–H groups in total. The molecule has 3 heteroatoms. The molecule has 43 valence electrons. The van der Waals surface area contributed by atoms with Crippen LogP contribution in [0.25, 0.3) is 0 Å². The Kier molecular flexibility index (Phi) is 4.88. The van der Waals surface area contributed by atoms with Crippen LogP contribution >= 0.6 is 0 Å². The Balaban J connectivity index is 0.000000640. The summed E-state index contributed by atoms with van der Waals surface area (Å²) in [6.45, 7) is 3.86. The molecule has 0 fully saturated rings. The third kappa shape index (κ3) is 3.42. The molecular weight excluding hydrogens is 139 g/mol. The van der Waals surface area contributed by atoms with Gasteiger partial charge in [0.2, 0.25) is 0 Å². The van der Waals surface area contributed by atoms with E-state index in [9.17, 15) is 0 Å². The topological polar surface area (TPSA) is 25.8 Å². The maximum atomic E-state index is 4.11. The number of aromatic nitrogens is 2. The number of nitrogens with zero attached hydrogens (tertiary/aromatic N) is 2. The molecule has 2 nitrogen and oxygen atoms in total. The minimum absolute atomic E-state index is 0. The molecule has 9 heavy (non-hydrogen) atoms. The average Bonchev–Trinajstić information content (AvgIpc) is 1.64. The van der Waals surface area contributed by atoms with Gasteiger partial charge in [0.05, 0.1) is 11.4 Å². The summed E-state index contributed by atoms with van der Waals surface area (Å²) in [5.74, 6) is 0. The molecule has 0 saturated carbocycles. The summed E-state index contributed by atoms with van der Waals surface area (Å²) in [7, 11) is 0. The fourth-order valence-electron chi connectivity index (χ4n) is 0.589. The molecular formula is C6H8KN2. The van der Waals surface area contributed by atoms with E-state index in [0.29, 0.717) is 0 Å². The Morgan fingerprint density at radius 2 is 1.56 bits per heavy atom. The Bertz CT molecular complexity index is 171. The molecule has 0 bridgehead atoms. The van der Waals surface area contributed by atoms with Crippen molar-refractivity contribution in [3.63, 3.8) is 0 Å². The van der Waals surface area contributed by atoms with E-state index >= 15 is 0 Å². The fraction of sp³-hybridized carbons (Fsp3) is 0.333. The summed E-state index contributed by atoms with van der Waals surface area (Å²) in [5, 5.41) is 0. The van der Waals surface area contributed by atoms with Gasteiger partial charge < -0.3 is 0 Å².